The van der Waals surface area contributed by atoms with E-state index < -0.39 is 11.6 Å². The quantitative estimate of drug-likeness (QED) is 0.708. The van der Waals surface area contributed by atoms with Gasteiger partial charge in [0, 0.05) is 12.1 Å². The van der Waals surface area contributed by atoms with Crippen LogP contribution in [-0.4, -0.2) is 35.4 Å². The third-order valence-electron chi connectivity index (χ3n) is 4.66. The third-order valence-corrected chi connectivity index (χ3v) is 4.66. The minimum Gasteiger partial charge on any atom is -0.497 e. The van der Waals surface area contributed by atoms with Crippen LogP contribution in [0.4, 0.5) is 4.39 Å². The summed E-state index contributed by atoms with van der Waals surface area (Å²) < 4.78 is 18.4. The van der Waals surface area contributed by atoms with Gasteiger partial charge in [0.05, 0.1) is 13.5 Å². The molecule has 0 saturated carbocycles. The minimum atomic E-state index is -0.612. The van der Waals surface area contributed by atoms with Gasteiger partial charge in [0.15, 0.2) is 0 Å². The SMILES string of the molecule is CC[C@@H](C(=O)NC(C)(C)C)N(Cc1ccc(OC)cc1)C(=O)Cc1ccc(F)cc1. The van der Waals surface area contributed by atoms with Gasteiger partial charge in [-0.15, -0.1) is 0 Å². The largest absolute Gasteiger partial charge is 0.497 e. The average Bonchev–Trinajstić information content (AvgIpc) is 2.68. The lowest BCUT2D eigenvalue weighted by atomic mass is 10.0. The van der Waals surface area contributed by atoms with Crippen molar-refractivity contribution >= 4 is 11.8 Å². The Balaban J connectivity index is 2.29. The van der Waals surface area contributed by atoms with Gasteiger partial charge in [0.25, 0.3) is 0 Å². The van der Waals surface area contributed by atoms with Gasteiger partial charge < -0.3 is 15.0 Å². The van der Waals surface area contributed by atoms with E-state index in [1.165, 1.54) is 12.1 Å². The molecule has 2 amide bonds. The fourth-order valence-electron chi connectivity index (χ4n) is 3.18. The zero-order valence-electron chi connectivity index (χ0n) is 18.4. The molecule has 0 fully saturated rings. The van der Waals surface area contributed by atoms with Crippen LogP contribution >= 0.6 is 0 Å². The van der Waals surface area contributed by atoms with Crippen molar-refractivity contribution in [3.05, 3.63) is 65.5 Å². The van der Waals surface area contributed by atoms with Crippen molar-refractivity contribution in [2.24, 2.45) is 0 Å². The van der Waals surface area contributed by atoms with E-state index >= 15 is 0 Å². The van der Waals surface area contributed by atoms with Gasteiger partial charge in [0.1, 0.15) is 17.6 Å². The smallest absolute Gasteiger partial charge is 0.243 e. The summed E-state index contributed by atoms with van der Waals surface area (Å²) in [5.74, 6) is -0.00274. The van der Waals surface area contributed by atoms with E-state index in [2.05, 4.69) is 5.32 Å². The molecule has 0 aliphatic carbocycles. The van der Waals surface area contributed by atoms with Crippen molar-refractivity contribution in [3.8, 4) is 5.75 Å². The molecule has 0 unspecified atom stereocenters. The van der Waals surface area contributed by atoms with Gasteiger partial charge in [-0.1, -0.05) is 31.2 Å². The molecule has 5 nitrogen and oxygen atoms in total. The van der Waals surface area contributed by atoms with Crippen molar-refractivity contribution in [3.63, 3.8) is 0 Å². The Morgan fingerprint density at radius 1 is 1.03 bits per heavy atom. The number of benzene rings is 2. The summed E-state index contributed by atoms with van der Waals surface area (Å²) in [6, 6.07) is 12.7. The Morgan fingerprint density at radius 3 is 2.10 bits per heavy atom. The maximum atomic E-state index is 13.2. The monoisotopic (exact) mass is 414 g/mol. The van der Waals surface area contributed by atoms with Crippen LogP contribution in [0, 0.1) is 5.82 Å². The summed E-state index contributed by atoms with van der Waals surface area (Å²) in [6.07, 6.45) is 0.572. The Bertz CT molecular complexity index is 842. The van der Waals surface area contributed by atoms with Crippen LogP contribution in [0.3, 0.4) is 0 Å². The predicted molar refractivity (Wildman–Crippen MR) is 116 cm³/mol. The van der Waals surface area contributed by atoms with Crippen LogP contribution < -0.4 is 10.1 Å². The van der Waals surface area contributed by atoms with Crippen LogP contribution in [0.5, 0.6) is 5.75 Å². The number of halogens is 1. The van der Waals surface area contributed by atoms with E-state index in [-0.39, 0.29) is 24.1 Å². The number of hydrogen-bond acceptors (Lipinski definition) is 3. The zero-order chi connectivity index (χ0) is 22.3. The third kappa shape index (κ3) is 6.87. The first-order valence-corrected chi connectivity index (χ1v) is 10.1. The van der Waals surface area contributed by atoms with Gasteiger partial charge in [-0.25, -0.2) is 4.39 Å². The molecule has 0 bridgehead atoms. The van der Waals surface area contributed by atoms with Crippen LogP contribution in [0.1, 0.15) is 45.2 Å². The molecule has 2 rings (SSSR count). The number of nitrogens with one attached hydrogen (secondary N) is 1. The van der Waals surface area contributed by atoms with Crippen molar-refractivity contribution in [2.75, 3.05) is 7.11 Å². The molecule has 0 aliphatic heterocycles. The topological polar surface area (TPSA) is 58.6 Å². The normalized spacial score (nSPS) is 12.2. The number of carbonyl (C=O) groups excluding carboxylic acids is 2. The molecule has 30 heavy (non-hydrogen) atoms. The molecule has 0 aliphatic rings. The Morgan fingerprint density at radius 2 is 1.60 bits per heavy atom. The number of amides is 2. The molecule has 6 heteroatoms. The highest BCUT2D eigenvalue weighted by Gasteiger charge is 2.30. The highest BCUT2D eigenvalue weighted by molar-refractivity contribution is 5.88. The number of rotatable bonds is 8. The maximum absolute atomic E-state index is 13.2. The van der Waals surface area contributed by atoms with Gasteiger partial charge in [0.2, 0.25) is 11.8 Å². The highest BCUT2D eigenvalue weighted by Crippen LogP contribution is 2.18. The number of carbonyl (C=O) groups is 2. The highest BCUT2D eigenvalue weighted by atomic mass is 19.1. The van der Waals surface area contributed by atoms with E-state index in [1.807, 2.05) is 52.0 Å². The Labute approximate surface area is 178 Å². The second-order valence-electron chi connectivity index (χ2n) is 8.34. The van der Waals surface area contributed by atoms with Crippen LogP contribution in [-0.2, 0) is 22.6 Å². The molecule has 2 aromatic rings. The fourth-order valence-corrected chi connectivity index (χ4v) is 3.18. The molecule has 162 valence electrons. The van der Waals surface area contributed by atoms with Crippen LogP contribution in [0.2, 0.25) is 0 Å². The molecule has 2 aromatic carbocycles. The van der Waals surface area contributed by atoms with Gasteiger partial charge in [-0.05, 0) is 62.6 Å². The standard InChI is InChI=1S/C24H31FN2O3/c1-6-21(23(29)26-24(2,3)4)27(16-18-9-13-20(30-5)14-10-18)22(28)15-17-7-11-19(25)12-8-17/h7-14,21H,6,15-16H2,1-5H3,(H,26,29)/t21-/m0/s1. The summed E-state index contributed by atoms with van der Waals surface area (Å²) in [7, 11) is 1.59. The van der Waals surface area contributed by atoms with Crippen molar-refractivity contribution in [2.45, 2.75) is 58.7 Å². The molecule has 0 saturated heterocycles. The number of nitrogens with zero attached hydrogens (tertiary/aromatic N) is 1. The fraction of sp³-hybridized carbons (Fsp3) is 0.417. The van der Waals surface area contributed by atoms with Gasteiger partial charge >= 0.3 is 0 Å². The minimum absolute atomic E-state index is 0.0930. The van der Waals surface area contributed by atoms with Crippen molar-refractivity contribution in [1.29, 1.82) is 0 Å². The lowest BCUT2D eigenvalue weighted by molar-refractivity contribution is -0.141. The first kappa shape index (κ1) is 23.4. The summed E-state index contributed by atoms with van der Waals surface area (Å²) >= 11 is 0. The molecule has 1 atom stereocenters. The molecule has 0 aromatic heterocycles. The first-order valence-electron chi connectivity index (χ1n) is 10.1. The summed E-state index contributed by atoms with van der Waals surface area (Å²) in [5.41, 5.74) is 1.19. The number of methoxy groups -OCH3 is 1. The lowest BCUT2D eigenvalue weighted by Gasteiger charge is -2.33. The van der Waals surface area contributed by atoms with Gasteiger partial charge in [-0.3, -0.25) is 9.59 Å². The van der Waals surface area contributed by atoms with Crippen molar-refractivity contribution < 1.29 is 18.7 Å². The van der Waals surface area contributed by atoms with E-state index in [0.717, 1.165) is 11.3 Å². The summed E-state index contributed by atoms with van der Waals surface area (Å²) in [6.45, 7) is 7.91. The summed E-state index contributed by atoms with van der Waals surface area (Å²) in [5, 5.41) is 2.98. The maximum Gasteiger partial charge on any atom is 0.243 e. The Kier molecular flexibility index (Phi) is 7.98. The first-order chi connectivity index (χ1) is 14.1. The molecular formula is C24H31FN2O3. The van der Waals surface area contributed by atoms with E-state index in [9.17, 15) is 14.0 Å². The van der Waals surface area contributed by atoms with Crippen LogP contribution in [0.25, 0.3) is 0 Å². The van der Waals surface area contributed by atoms with Gasteiger partial charge in [-0.2, -0.15) is 0 Å². The second-order valence-corrected chi connectivity index (χ2v) is 8.34. The second kappa shape index (κ2) is 10.2. The zero-order valence-corrected chi connectivity index (χ0v) is 18.4. The van der Waals surface area contributed by atoms with E-state index in [1.54, 1.807) is 24.1 Å². The molecular weight excluding hydrogens is 383 g/mol. The van der Waals surface area contributed by atoms with Crippen LogP contribution in [0.15, 0.2) is 48.5 Å². The van der Waals surface area contributed by atoms with E-state index in [0.29, 0.717) is 18.5 Å². The summed E-state index contributed by atoms with van der Waals surface area (Å²) in [4.78, 5) is 27.8. The molecule has 0 radical (unpaired) electrons. The van der Waals surface area contributed by atoms with Crippen molar-refractivity contribution in [1.82, 2.24) is 10.2 Å². The number of hydrogen-bond donors (Lipinski definition) is 1. The predicted octanol–water partition coefficient (Wildman–Crippen LogP) is 4.10. The lowest BCUT2D eigenvalue weighted by Crippen LogP contribution is -2.53. The Hall–Kier alpha value is -2.89. The van der Waals surface area contributed by atoms with E-state index in [4.69, 9.17) is 4.74 Å². The molecule has 1 N–H and O–H groups in total. The molecule has 0 heterocycles. The molecule has 0 spiro atoms. The average molecular weight is 415 g/mol. The number of ether oxygens (including phenoxy) is 1.